The van der Waals surface area contributed by atoms with Crippen LogP contribution in [0.2, 0.25) is 0 Å². The summed E-state index contributed by atoms with van der Waals surface area (Å²) in [5.41, 5.74) is 8.78. The molecule has 1 aliphatic rings. The highest BCUT2D eigenvalue weighted by molar-refractivity contribution is 9.11. The Kier molecular flexibility index (Phi) is 8.02. The molecule has 168 valence electrons. The quantitative estimate of drug-likeness (QED) is 0.367. The number of aliphatic hydroxyl groups excluding tert-OH is 1. The largest absolute Gasteiger partial charge is 0.504 e. The van der Waals surface area contributed by atoms with Crippen molar-refractivity contribution >= 4 is 43.3 Å². The van der Waals surface area contributed by atoms with Crippen LogP contribution in [0.5, 0.6) is 11.5 Å². The van der Waals surface area contributed by atoms with E-state index in [-0.39, 0.29) is 34.8 Å². The fraction of sp³-hybridized carbons (Fsp3) is 0.435. The first kappa shape index (κ1) is 24.0. The molecule has 0 aromatic heterocycles. The van der Waals surface area contributed by atoms with Gasteiger partial charge in [-0.25, -0.2) is 0 Å². The van der Waals surface area contributed by atoms with Gasteiger partial charge in [-0.05, 0) is 77.9 Å². The minimum Gasteiger partial charge on any atom is -0.504 e. The van der Waals surface area contributed by atoms with Crippen LogP contribution in [0.25, 0.3) is 0 Å². The number of Topliss-reactive ketones (excluding diaryl/α,β-unsaturated/α-hetero) is 1. The van der Waals surface area contributed by atoms with Crippen molar-refractivity contribution in [3.05, 3.63) is 49.9 Å². The fourth-order valence-corrected chi connectivity index (χ4v) is 5.50. The minimum atomic E-state index is -1.36. The van der Waals surface area contributed by atoms with Gasteiger partial charge in [0.2, 0.25) is 0 Å². The van der Waals surface area contributed by atoms with E-state index in [4.69, 9.17) is 10.5 Å². The summed E-state index contributed by atoms with van der Waals surface area (Å²) in [6.45, 7) is 2.41. The molecule has 0 amide bonds. The average molecular weight is 556 g/mol. The number of anilines is 1. The molecule has 3 rings (SSSR count). The predicted octanol–water partition coefficient (Wildman–Crippen LogP) is 4.77. The molecule has 1 fully saturated rings. The van der Waals surface area contributed by atoms with Crippen LogP contribution in [-0.4, -0.2) is 29.1 Å². The van der Waals surface area contributed by atoms with Crippen molar-refractivity contribution in [1.82, 2.24) is 5.32 Å². The van der Waals surface area contributed by atoms with Crippen LogP contribution in [0.4, 0.5) is 5.69 Å². The van der Waals surface area contributed by atoms with Crippen molar-refractivity contribution in [1.29, 1.82) is 0 Å². The number of carbonyl (C=O) groups excluding carboxylic acids is 1. The summed E-state index contributed by atoms with van der Waals surface area (Å²) < 4.78 is 6.94. The van der Waals surface area contributed by atoms with Crippen molar-refractivity contribution in [3.63, 3.8) is 0 Å². The molecular formula is C23H28Br2N2O4. The highest BCUT2D eigenvalue weighted by Crippen LogP contribution is 2.39. The van der Waals surface area contributed by atoms with E-state index in [1.807, 2.05) is 12.1 Å². The lowest BCUT2D eigenvalue weighted by Crippen LogP contribution is -2.36. The zero-order chi connectivity index (χ0) is 22.7. The number of ether oxygens (including phenoxy) is 1. The van der Waals surface area contributed by atoms with Gasteiger partial charge in [0.25, 0.3) is 0 Å². The number of aliphatic hydroxyl groups is 1. The molecule has 0 spiro atoms. The first-order chi connectivity index (χ1) is 14.7. The lowest BCUT2D eigenvalue weighted by atomic mass is 9.80. The Morgan fingerprint density at radius 1 is 1.26 bits per heavy atom. The molecule has 6 nitrogen and oxygen atoms in total. The molecule has 2 aromatic carbocycles. The summed E-state index contributed by atoms with van der Waals surface area (Å²) >= 11 is 6.96. The molecule has 1 unspecified atom stereocenters. The number of carbonyl (C=O) groups is 1. The molecule has 5 N–H and O–H groups in total. The lowest BCUT2D eigenvalue weighted by Gasteiger charge is -2.30. The van der Waals surface area contributed by atoms with Crippen LogP contribution in [0, 0.1) is 12.8 Å². The normalized spacial score (nSPS) is 19.8. The Balaban J connectivity index is 1.59. The molecule has 31 heavy (non-hydrogen) atoms. The third kappa shape index (κ3) is 5.42. The number of phenols is 1. The molecule has 2 aromatic rings. The van der Waals surface area contributed by atoms with Gasteiger partial charge in [0, 0.05) is 33.0 Å². The van der Waals surface area contributed by atoms with Gasteiger partial charge in [0.15, 0.2) is 17.3 Å². The molecule has 1 saturated carbocycles. The molecule has 0 aliphatic heterocycles. The van der Waals surface area contributed by atoms with Crippen molar-refractivity contribution < 1.29 is 19.7 Å². The molecule has 1 aliphatic carbocycles. The summed E-state index contributed by atoms with van der Waals surface area (Å²) in [6, 6.07) is 7.56. The maximum absolute atomic E-state index is 13.0. The van der Waals surface area contributed by atoms with E-state index < -0.39 is 6.10 Å². The summed E-state index contributed by atoms with van der Waals surface area (Å²) in [7, 11) is 1.44. The van der Waals surface area contributed by atoms with Crippen molar-refractivity contribution in [2.24, 2.45) is 5.92 Å². The highest BCUT2D eigenvalue weighted by Gasteiger charge is 2.33. The van der Waals surface area contributed by atoms with Gasteiger partial charge in [0.05, 0.1) is 12.8 Å². The number of methoxy groups -OCH3 is 1. The second-order valence-electron chi connectivity index (χ2n) is 8.04. The van der Waals surface area contributed by atoms with E-state index in [1.54, 1.807) is 19.1 Å². The van der Waals surface area contributed by atoms with E-state index in [2.05, 4.69) is 37.2 Å². The van der Waals surface area contributed by atoms with Crippen molar-refractivity contribution in [2.45, 2.75) is 51.3 Å². The number of nitrogens with two attached hydrogens (primary N) is 1. The Labute approximate surface area is 199 Å². The van der Waals surface area contributed by atoms with E-state index in [9.17, 15) is 15.0 Å². The number of rotatable bonds is 7. The lowest BCUT2D eigenvalue weighted by molar-refractivity contribution is -0.132. The zero-order valence-corrected chi connectivity index (χ0v) is 20.8. The molecular weight excluding hydrogens is 528 g/mol. The molecule has 0 radical (unpaired) electrons. The fourth-order valence-electron chi connectivity index (χ4n) is 4.18. The number of nitrogen functional groups attached to an aromatic ring is 1. The molecule has 0 saturated heterocycles. The van der Waals surface area contributed by atoms with Crippen LogP contribution in [0.1, 0.15) is 48.5 Å². The number of benzene rings is 2. The third-order valence-corrected chi connectivity index (χ3v) is 7.17. The molecule has 8 heteroatoms. The number of hydrogen-bond acceptors (Lipinski definition) is 6. The minimum absolute atomic E-state index is 0.170. The summed E-state index contributed by atoms with van der Waals surface area (Å²) in [5.74, 6) is -0.399. The monoisotopic (exact) mass is 554 g/mol. The topological polar surface area (TPSA) is 105 Å². The van der Waals surface area contributed by atoms with Crippen molar-refractivity contribution in [3.8, 4) is 11.5 Å². The van der Waals surface area contributed by atoms with Gasteiger partial charge in [-0.2, -0.15) is 0 Å². The Bertz CT molecular complexity index is 959. The van der Waals surface area contributed by atoms with Gasteiger partial charge in [-0.1, -0.05) is 22.0 Å². The molecule has 1 atom stereocenters. The van der Waals surface area contributed by atoms with Crippen molar-refractivity contribution in [2.75, 3.05) is 12.8 Å². The van der Waals surface area contributed by atoms with E-state index in [1.165, 1.54) is 7.11 Å². The van der Waals surface area contributed by atoms with Crippen LogP contribution >= 0.6 is 31.9 Å². The Hall–Kier alpha value is -1.61. The molecule has 0 bridgehead atoms. The maximum Gasteiger partial charge on any atom is 0.169 e. The van der Waals surface area contributed by atoms with Gasteiger partial charge in [0.1, 0.15) is 6.10 Å². The summed E-state index contributed by atoms with van der Waals surface area (Å²) in [6.07, 6.45) is 1.69. The first-order valence-corrected chi connectivity index (χ1v) is 11.9. The summed E-state index contributed by atoms with van der Waals surface area (Å²) in [4.78, 5) is 13.0. The maximum atomic E-state index is 13.0. The predicted molar refractivity (Wildman–Crippen MR) is 128 cm³/mol. The highest BCUT2D eigenvalue weighted by atomic mass is 79.9. The van der Waals surface area contributed by atoms with E-state index in [0.29, 0.717) is 24.9 Å². The van der Waals surface area contributed by atoms with Crippen LogP contribution in [0.15, 0.2) is 33.2 Å². The van der Waals surface area contributed by atoms with Crippen LogP contribution < -0.4 is 15.8 Å². The number of nitrogens with one attached hydrogen (secondary N) is 1. The standard InChI is InChI=1S/C23H28Br2N2O4/c1-12-3-8-18(31-2)22(29)19(12)23(30)21(28)13-4-6-16(7-5-13)27-11-14-9-15(24)10-17(25)20(14)26/h3,8-10,13,16,23,27,29-30H,4-7,11,26H2,1-2H3. The van der Waals surface area contributed by atoms with E-state index >= 15 is 0 Å². The van der Waals surface area contributed by atoms with Gasteiger partial charge in [-0.3, -0.25) is 4.79 Å². The van der Waals surface area contributed by atoms with Crippen LogP contribution in [0.3, 0.4) is 0 Å². The van der Waals surface area contributed by atoms with Gasteiger partial charge in [-0.15, -0.1) is 0 Å². The smallest absolute Gasteiger partial charge is 0.169 e. The summed E-state index contributed by atoms with van der Waals surface area (Å²) in [5, 5.41) is 24.7. The number of ketones is 1. The number of hydrogen-bond donors (Lipinski definition) is 4. The average Bonchev–Trinajstić information content (AvgIpc) is 2.75. The number of aromatic hydroxyl groups is 1. The first-order valence-electron chi connectivity index (χ1n) is 10.3. The number of phenolic OH excluding ortho intramolecular Hbond substituents is 1. The Morgan fingerprint density at radius 3 is 2.58 bits per heavy atom. The van der Waals surface area contributed by atoms with Gasteiger partial charge < -0.3 is 26.0 Å². The zero-order valence-electron chi connectivity index (χ0n) is 17.6. The number of aryl methyl sites for hydroxylation is 1. The van der Waals surface area contributed by atoms with E-state index in [0.717, 1.165) is 33.0 Å². The van der Waals surface area contributed by atoms with Crippen LogP contribution in [-0.2, 0) is 11.3 Å². The number of halogens is 2. The Morgan fingerprint density at radius 2 is 1.94 bits per heavy atom. The second kappa shape index (κ2) is 10.3. The molecule has 0 heterocycles. The second-order valence-corrected chi connectivity index (χ2v) is 9.81. The van der Waals surface area contributed by atoms with Gasteiger partial charge >= 0.3 is 0 Å². The third-order valence-electron chi connectivity index (χ3n) is 6.05. The SMILES string of the molecule is COc1ccc(C)c(C(O)C(=O)C2CCC(NCc3cc(Br)cc(Br)c3N)CC2)c1O.